The molecule has 0 spiro atoms. The van der Waals surface area contributed by atoms with Crippen LogP contribution in [0.4, 0.5) is 4.79 Å². The van der Waals surface area contributed by atoms with Crippen molar-refractivity contribution in [2.24, 2.45) is 0 Å². The van der Waals surface area contributed by atoms with E-state index >= 15 is 0 Å². The number of carboxylic acid groups (broad SMARTS) is 1. The number of fused-ring (bicyclic) bond motifs is 3. The maximum absolute atomic E-state index is 12.8. The van der Waals surface area contributed by atoms with Crippen LogP contribution >= 0.6 is 0 Å². The lowest BCUT2D eigenvalue weighted by Gasteiger charge is -2.25. The molecule has 1 atom stereocenters. The van der Waals surface area contributed by atoms with Crippen molar-refractivity contribution in [3.8, 4) is 16.9 Å². The maximum atomic E-state index is 12.8. The molecule has 0 heterocycles. The van der Waals surface area contributed by atoms with E-state index in [-0.39, 0.29) is 18.9 Å². The van der Waals surface area contributed by atoms with E-state index in [2.05, 4.69) is 12.1 Å². The van der Waals surface area contributed by atoms with Crippen LogP contribution in [0.5, 0.6) is 5.75 Å². The number of para-hydroxylation sites is 1. The predicted octanol–water partition coefficient (Wildman–Crippen LogP) is 4.96. The monoisotopic (exact) mass is 445 g/mol. The van der Waals surface area contributed by atoms with Gasteiger partial charge in [-0.3, -0.25) is 4.90 Å². The average molecular weight is 446 g/mol. The zero-order chi connectivity index (χ0) is 23.4. The van der Waals surface area contributed by atoms with Gasteiger partial charge in [0.1, 0.15) is 18.4 Å². The molecule has 1 aliphatic rings. The standard InChI is InChI=1S/C27H27NO5/c1-28(24(26(29)30)16-15-18-9-3-8-14-25(18)32-2)27(31)33-17-23-21-12-6-4-10-19(21)20-11-5-7-13-22(20)23/h3-14,23-24H,15-17H2,1-2H3,(H,29,30). The molecule has 1 N–H and O–H groups in total. The SMILES string of the molecule is COc1ccccc1CCC(C(=O)O)N(C)C(=O)OCC1c2ccccc2-c2ccccc21. The van der Waals surface area contributed by atoms with Crippen LogP contribution < -0.4 is 4.74 Å². The number of amides is 1. The Hall–Kier alpha value is -3.80. The quantitative estimate of drug-likeness (QED) is 0.530. The van der Waals surface area contributed by atoms with E-state index in [1.54, 1.807) is 7.11 Å². The molecule has 0 aromatic heterocycles. The predicted molar refractivity (Wildman–Crippen MR) is 126 cm³/mol. The summed E-state index contributed by atoms with van der Waals surface area (Å²) in [5, 5.41) is 9.76. The molecule has 6 heteroatoms. The second-order valence-corrected chi connectivity index (χ2v) is 8.12. The number of rotatable bonds is 8. The van der Waals surface area contributed by atoms with Gasteiger partial charge < -0.3 is 14.6 Å². The Labute approximate surface area is 193 Å². The minimum atomic E-state index is -1.07. The summed E-state index contributed by atoms with van der Waals surface area (Å²) < 4.78 is 11.0. The smallest absolute Gasteiger partial charge is 0.410 e. The lowest BCUT2D eigenvalue weighted by atomic mass is 9.98. The summed E-state index contributed by atoms with van der Waals surface area (Å²) in [6.07, 6.45) is 0.0579. The summed E-state index contributed by atoms with van der Waals surface area (Å²) in [4.78, 5) is 25.9. The van der Waals surface area contributed by atoms with Crippen LogP contribution in [0.15, 0.2) is 72.8 Å². The third kappa shape index (κ3) is 4.55. The largest absolute Gasteiger partial charge is 0.496 e. The molecular formula is C27H27NO5. The molecule has 0 fully saturated rings. The highest BCUT2D eigenvalue weighted by Crippen LogP contribution is 2.44. The van der Waals surface area contributed by atoms with Crippen molar-refractivity contribution in [3.05, 3.63) is 89.5 Å². The molecule has 6 nitrogen and oxygen atoms in total. The molecule has 1 amide bonds. The number of carbonyl (C=O) groups is 2. The van der Waals surface area contributed by atoms with E-state index in [1.165, 1.54) is 11.9 Å². The van der Waals surface area contributed by atoms with Crippen LogP contribution in [0, 0.1) is 0 Å². The minimum absolute atomic E-state index is 0.0772. The molecule has 1 unspecified atom stereocenters. The van der Waals surface area contributed by atoms with Crippen molar-refractivity contribution >= 4 is 12.1 Å². The molecule has 0 saturated carbocycles. The first kappa shape index (κ1) is 22.4. The molecule has 4 rings (SSSR count). The second-order valence-electron chi connectivity index (χ2n) is 8.12. The summed E-state index contributed by atoms with van der Waals surface area (Å²) in [7, 11) is 3.05. The molecule has 0 radical (unpaired) electrons. The Morgan fingerprint density at radius 3 is 2.12 bits per heavy atom. The number of methoxy groups -OCH3 is 1. The first-order valence-corrected chi connectivity index (χ1v) is 10.9. The fourth-order valence-corrected chi connectivity index (χ4v) is 4.51. The van der Waals surface area contributed by atoms with Gasteiger partial charge >= 0.3 is 12.1 Å². The van der Waals surface area contributed by atoms with Crippen molar-refractivity contribution in [2.45, 2.75) is 24.8 Å². The number of carboxylic acids is 1. The topological polar surface area (TPSA) is 76.1 Å². The van der Waals surface area contributed by atoms with Gasteiger partial charge in [0.2, 0.25) is 0 Å². The van der Waals surface area contributed by atoms with Gasteiger partial charge in [-0.05, 0) is 46.7 Å². The fourth-order valence-electron chi connectivity index (χ4n) is 4.51. The lowest BCUT2D eigenvalue weighted by Crippen LogP contribution is -2.43. The Kier molecular flexibility index (Phi) is 6.63. The number of carbonyl (C=O) groups excluding carboxylic acids is 1. The van der Waals surface area contributed by atoms with Crippen molar-refractivity contribution in [2.75, 3.05) is 20.8 Å². The third-order valence-electron chi connectivity index (χ3n) is 6.26. The molecule has 170 valence electrons. The highest BCUT2D eigenvalue weighted by atomic mass is 16.6. The molecule has 0 saturated heterocycles. The van der Waals surface area contributed by atoms with E-state index < -0.39 is 18.1 Å². The van der Waals surface area contributed by atoms with Crippen LogP contribution in [0.2, 0.25) is 0 Å². The Morgan fingerprint density at radius 2 is 1.52 bits per heavy atom. The van der Waals surface area contributed by atoms with Crippen molar-refractivity contribution in [1.29, 1.82) is 0 Å². The zero-order valence-corrected chi connectivity index (χ0v) is 18.7. The fraction of sp³-hybridized carbons (Fsp3) is 0.259. The number of ether oxygens (including phenoxy) is 2. The molecule has 0 aliphatic heterocycles. The van der Waals surface area contributed by atoms with Gasteiger partial charge in [-0.15, -0.1) is 0 Å². The molecule has 1 aliphatic carbocycles. The third-order valence-corrected chi connectivity index (χ3v) is 6.26. The summed E-state index contributed by atoms with van der Waals surface area (Å²) in [6.45, 7) is 0.149. The molecule has 3 aromatic carbocycles. The van der Waals surface area contributed by atoms with Crippen molar-refractivity contribution in [3.63, 3.8) is 0 Å². The number of benzene rings is 3. The van der Waals surface area contributed by atoms with Gasteiger partial charge in [0.05, 0.1) is 7.11 Å². The Balaban J connectivity index is 1.43. The van der Waals surface area contributed by atoms with Gasteiger partial charge in [0.15, 0.2) is 0 Å². The van der Waals surface area contributed by atoms with Crippen LogP contribution in [0.25, 0.3) is 11.1 Å². The maximum Gasteiger partial charge on any atom is 0.410 e. The van der Waals surface area contributed by atoms with Gasteiger partial charge in [-0.1, -0.05) is 66.7 Å². The molecular weight excluding hydrogens is 418 g/mol. The van der Waals surface area contributed by atoms with Gasteiger partial charge in [-0.2, -0.15) is 0 Å². The molecule has 0 bridgehead atoms. The van der Waals surface area contributed by atoms with Gasteiger partial charge in [0, 0.05) is 13.0 Å². The molecule has 33 heavy (non-hydrogen) atoms. The summed E-state index contributed by atoms with van der Waals surface area (Å²) in [5.41, 5.74) is 5.40. The zero-order valence-electron chi connectivity index (χ0n) is 18.7. The van der Waals surface area contributed by atoms with E-state index in [4.69, 9.17) is 9.47 Å². The number of hydrogen-bond donors (Lipinski definition) is 1. The Morgan fingerprint density at radius 1 is 0.939 bits per heavy atom. The first-order chi connectivity index (χ1) is 16.0. The van der Waals surface area contributed by atoms with Gasteiger partial charge in [0.25, 0.3) is 0 Å². The van der Waals surface area contributed by atoms with E-state index in [9.17, 15) is 14.7 Å². The minimum Gasteiger partial charge on any atom is -0.496 e. The number of aryl methyl sites for hydroxylation is 1. The van der Waals surface area contributed by atoms with Crippen LogP contribution in [0.3, 0.4) is 0 Å². The first-order valence-electron chi connectivity index (χ1n) is 10.9. The second kappa shape index (κ2) is 9.77. The average Bonchev–Trinajstić information content (AvgIpc) is 3.16. The Bertz CT molecular complexity index is 1110. The summed E-state index contributed by atoms with van der Waals surface area (Å²) in [5.74, 6) is -0.446. The van der Waals surface area contributed by atoms with E-state index in [0.717, 1.165) is 27.8 Å². The van der Waals surface area contributed by atoms with E-state index in [1.807, 2.05) is 60.7 Å². The summed E-state index contributed by atoms with van der Waals surface area (Å²) in [6, 6.07) is 22.6. The normalized spacial score (nSPS) is 13.0. The van der Waals surface area contributed by atoms with Crippen LogP contribution in [-0.2, 0) is 16.0 Å². The van der Waals surface area contributed by atoms with Crippen LogP contribution in [0.1, 0.15) is 29.0 Å². The summed E-state index contributed by atoms with van der Waals surface area (Å²) >= 11 is 0. The van der Waals surface area contributed by atoms with Crippen molar-refractivity contribution in [1.82, 2.24) is 4.90 Å². The highest BCUT2D eigenvalue weighted by molar-refractivity contribution is 5.81. The number of aliphatic carboxylic acids is 1. The van der Waals surface area contributed by atoms with E-state index in [0.29, 0.717) is 12.2 Å². The van der Waals surface area contributed by atoms with Crippen molar-refractivity contribution < 1.29 is 24.2 Å². The lowest BCUT2D eigenvalue weighted by molar-refractivity contribution is -0.142. The van der Waals surface area contributed by atoms with Crippen LogP contribution in [-0.4, -0.2) is 48.9 Å². The number of hydrogen-bond acceptors (Lipinski definition) is 4. The number of nitrogens with zero attached hydrogens (tertiary/aromatic N) is 1. The highest BCUT2D eigenvalue weighted by Gasteiger charge is 2.31. The number of likely N-dealkylation sites (N-methyl/N-ethyl adjacent to an activating group) is 1. The molecule has 3 aromatic rings. The van der Waals surface area contributed by atoms with Gasteiger partial charge in [-0.25, -0.2) is 9.59 Å².